The molecule has 32 heavy (non-hydrogen) atoms. The van der Waals surface area contributed by atoms with Crippen LogP contribution < -0.4 is 14.8 Å². The number of rotatable bonds is 11. The molecule has 1 amide bonds. The zero-order chi connectivity index (χ0) is 22.9. The molecular formula is C22H22ClFN4O3S. The van der Waals surface area contributed by atoms with Crippen molar-refractivity contribution in [2.45, 2.75) is 25.2 Å². The van der Waals surface area contributed by atoms with Gasteiger partial charge < -0.3 is 14.8 Å². The fourth-order valence-electron chi connectivity index (χ4n) is 2.71. The topological polar surface area (TPSA) is 78.3 Å². The van der Waals surface area contributed by atoms with E-state index in [1.54, 1.807) is 34.9 Å². The molecule has 1 N–H and O–H groups in total. The van der Waals surface area contributed by atoms with E-state index in [2.05, 4.69) is 22.1 Å². The molecule has 7 nitrogen and oxygen atoms in total. The highest BCUT2D eigenvalue weighted by Gasteiger charge is 2.15. The van der Waals surface area contributed by atoms with Crippen LogP contribution in [0.4, 0.5) is 10.1 Å². The number of benzene rings is 2. The van der Waals surface area contributed by atoms with Crippen LogP contribution in [0.2, 0.25) is 5.02 Å². The summed E-state index contributed by atoms with van der Waals surface area (Å²) in [5, 5.41) is 11.8. The number of hydrogen-bond donors (Lipinski definition) is 1. The standard InChI is InChI=1S/C22H22ClFN4O3S/c1-3-11-28-20(13-31-19-10-5-15(24)12-18(19)23)26-27-22(28)32-14-21(29)25-16-6-8-17(9-7-16)30-4-2/h3,5-10,12H,1,4,11,13-14H2,2H3,(H,25,29). The predicted octanol–water partition coefficient (Wildman–Crippen LogP) is 4.97. The number of amides is 1. The van der Waals surface area contributed by atoms with Crippen molar-refractivity contribution in [2.24, 2.45) is 0 Å². The molecule has 0 saturated carbocycles. The lowest BCUT2D eigenvalue weighted by atomic mass is 10.3. The van der Waals surface area contributed by atoms with Crippen LogP contribution in [0.1, 0.15) is 12.7 Å². The first-order valence-corrected chi connectivity index (χ1v) is 11.1. The zero-order valence-corrected chi connectivity index (χ0v) is 19.0. The lowest BCUT2D eigenvalue weighted by Crippen LogP contribution is -2.15. The Morgan fingerprint density at radius 2 is 2.03 bits per heavy atom. The first kappa shape index (κ1) is 23.6. The number of thioether (sulfide) groups is 1. The molecule has 0 aliphatic rings. The van der Waals surface area contributed by atoms with Gasteiger partial charge in [0.25, 0.3) is 0 Å². The van der Waals surface area contributed by atoms with E-state index in [4.69, 9.17) is 21.1 Å². The second kappa shape index (κ2) is 11.5. The SMILES string of the molecule is C=CCn1c(COc2ccc(F)cc2Cl)nnc1SCC(=O)Nc1ccc(OCC)cc1. The van der Waals surface area contributed by atoms with Gasteiger partial charge >= 0.3 is 0 Å². The average molecular weight is 477 g/mol. The molecular weight excluding hydrogens is 455 g/mol. The third kappa shape index (κ3) is 6.48. The summed E-state index contributed by atoms with van der Waals surface area (Å²) in [4.78, 5) is 12.3. The molecule has 1 aromatic heterocycles. The van der Waals surface area contributed by atoms with Gasteiger partial charge in [0.1, 0.15) is 23.9 Å². The van der Waals surface area contributed by atoms with Crippen molar-refractivity contribution in [3.8, 4) is 11.5 Å². The molecule has 0 aliphatic heterocycles. The Hall–Kier alpha value is -3.04. The summed E-state index contributed by atoms with van der Waals surface area (Å²) < 4.78 is 26.0. The van der Waals surface area contributed by atoms with Gasteiger partial charge in [-0.05, 0) is 49.4 Å². The van der Waals surface area contributed by atoms with E-state index >= 15 is 0 Å². The fourth-order valence-corrected chi connectivity index (χ4v) is 3.70. The van der Waals surface area contributed by atoms with Crippen LogP contribution >= 0.6 is 23.4 Å². The van der Waals surface area contributed by atoms with Crippen molar-refractivity contribution in [3.05, 3.63) is 71.8 Å². The lowest BCUT2D eigenvalue weighted by molar-refractivity contribution is -0.113. The molecule has 0 saturated heterocycles. The minimum absolute atomic E-state index is 0.0745. The van der Waals surface area contributed by atoms with Crippen molar-refractivity contribution >= 4 is 35.0 Å². The fraction of sp³-hybridized carbons (Fsp3) is 0.227. The molecule has 2 aromatic carbocycles. The third-order valence-corrected chi connectivity index (χ3v) is 5.40. The van der Waals surface area contributed by atoms with E-state index in [0.29, 0.717) is 35.6 Å². The Bertz CT molecular complexity index is 1080. The van der Waals surface area contributed by atoms with Crippen molar-refractivity contribution in [1.29, 1.82) is 0 Å². The molecule has 3 rings (SSSR count). The van der Waals surface area contributed by atoms with Crippen LogP contribution in [0.25, 0.3) is 0 Å². The third-order valence-electron chi connectivity index (χ3n) is 4.14. The monoisotopic (exact) mass is 476 g/mol. The summed E-state index contributed by atoms with van der Waals surface area (Å²) in [6.45, 7) is 6.75. The molecule has 10 heteroatoms. The smallest absolute Gasteiger partial charge is 0.234 e. The van der Waals surface area contributed by atoms with Gasteiger partial charge in [-0.25, -0.2) is 4.39 Å². The number of halogens is 2. The quantitative estimate of drug-likeness (QED) is 0.311. The second-order valence-electron chi connectivity index (χ2n) is 6.46. The van der Waals surface area contributed by atoms with Crippen LogP contribution in [-0.4, -0.2) is 33.0 Å². The van der Waals surface area contributed by atoms with E-state index in [1.807, 2.05) is 6.92 Å². The first-order valence-electron chi connectivity index (χ1n) is 9.76. The lowest BCUT2D eigenvalue weighted by Gasteiger charge is -2.10. The van der Waals surface area contributed by atoms with Crippen molar-refractivity contribution < 1.29 is 18.7 Å². The Morgan fingerprint density at radius 1 is 1.25 bits per heavy atom. The molecule has 0 bridgehead atoms. The normalized spacial score (nSPS) is 10.6. The molecule has 0 spiro atoms. The molecule has 1 heterocycles. The number of allylic oxidation sites excluding steroid dienone is 1. The van der Waals surface area contributed by atoms with Crippen molar-refractivity contribution in [2.75, 3.05) is 17.7 Å². The maximum absolute atomic E-state index is 13.2. The summed E-state index contributed by atoms with van der Waals surface area (Å²) in [5.74, 6) is 1.13. The molecule has 0 radical (unpaired) electrons. The van der Waals surface area contributed by atoms with Gasteiger partial charge in [-0.2, -0.15) is 0 Å². The molecule has 0 unspecified atom stereocenters. The summed E-state index contributed by atoms with van der Waals surface area (Å²) in [6, 6.07) is 11.1. The van der Waals surface area contributed by atoms with E-state index in [-0.39, 0.29) is 23.3 Å². The predicted molar refractivity (Wildman–Crippen MR) is 123 cm³/mol. The number of carbonyl (C=O) groups excluding carboxylic acids is 1. The Morgan fingerprint density at radius 3 is 2.72 bits per heavy atom. The van der Waals surface area contributed by atoms with Gasteiger partial charge in [0.2, 0.25) is 5.91 Å². The van der Waals surface area contributed by atoms with E-state index in [0.717, 1.165) is 5.75 Å². The molecule has 0 fully saturated rings. The van der Waals surface area contributed by atoms with Gasteiger partial charge in [0, 0.05) is 12.2 Å². The molecule has 3 aromatic rings. The van der Waals surface area contributed by atoms with Crippen molar-refractivity contribution in [3.63, 3.8) is 0 Å². The van der Waals surface area contributed by atoms with Gasteiger partial charge in [0.15, 0.2) is 11.0 Å². The number of aromatic nitrogens is 3. The zero-order valence-electron chi connectivity index (χ0n) is 17.4. The van der Waals surface area contributed by atoms with E-state index in [1.165, 1.54) is 30.0 Å². The largest absolute Gasteiger partial charge is 0.494 e. The number of anilines is 1. The van der Waals surface area contributed by atoms with Gasteiger partial charge in [-0.15, -0.1) is 16.8 Å². The summed E-state index contributed by atoms with van der Waals surface area (Å²) in [7, 11) is 0. The van der Waals surface area contributed by atoms with Gasteiger partial charge in [0.05, 0.1) is 17.4 Å². The minimum atomic E-state index is -0.445. The highest BCUT2D eigenvalue weighted by molar-refractivity contribution is 7.99. The number of nitrogens with one attached hydrogen (secondary N) is 1. The second-order valence-corrected chi connectivity index (χ2v) is 7.81. The maximum atomic E-state index is 13.2. The number of carbonyl (C=O) groups is 1. The summed E-state index contributed by atoms with van der Waals surface area (Å²) >= 11 is 7.24. The Kier molecular flexibility index (Phi) is 8.52. The van der Waals surface area contributed by atoms with Crippen LogP contribution in [-0.2, 0) is 17.9 Å². The minimum Gasteiger partial charge on any atom is -0.494 e. The summed E-state index contributed by atoms with van der Waals surface area (Å²) in [6.07, 6.45) is 1.70. The Balaban J connectivity index is 1.59. The maximum Gasteiger partial charge on any atom is 0.234 e. The number of hydrogen-bond acceptors (Lipinski definition) is 6. The van der Waals surface area contributed by atoms with E-state index < -0.39 is 5.82 Å². The number of nitrogens with zero attached hydrogens (tertiary/aromatic N) is 3. The van der Waals surface area contributed by atoms with Gasteiger partial charge in [-0.1, -0.05) is 29.4 Å². The first-order chi connectivity index (χ1) is 15.5. The van der Waals surface area contributed by atoms with Crippen LogP contribution in [0.5, 0.6) is 11.5 Å². The van der Waals surface area contributed by atoms with Crippen LogP contribution in [0, 0.1) is 5.82 Å². The molecule has 0 aliphatic carbocycles. The summed E-state index contributed by atoms with van der Waals surface area (Å²) in [5.41, 5.74) is 0.678. The van der Waals surface area contributed by atoms with E-state index in [9.17, 15) is 9.18 Å². The molecule has 168 valence electrons. The molecule has 0 atom stereocenters. The highest BCUT2D eigenvalue weighted by atomic mass is 35.5. The number of ether oxygens (including phenoxy) is 2. The van der Waals surface area contributed by atoms with Crippen LogP contribution in [0.3, 0.4) is 0 Å². The average Bonchev–Trinajstić information content (AvgIpc) is 3.15. The highest BCUT2D eigenvalue weighted by Crippen LogP contribution is 2.26. The van der Waals surface area contributed by atoms with Gasteiger partial charge in [-0.3, -0.25) is 9.36 Å². The Labute approximate surface area is 194 Å². The van der Waals surface area contributed by atoms with Crippen LogP contribution in [0.15, 0.2) is 60.3 Å². The van der Waals surface area contributed by atoms with Crippen molar-refractivity contribution in [1.82, 2.24) is 14.8 Å².